The first-order chi connectivity index (χ1) is 11.2. The van der Waals surface area contributed by atoms with Gasteiger partial charge in [-0.25, -0.2) is 0 Å². The third kappa shape index (κ3) is 4.56. The van der Waals surface area contributed by atoms with Crippen molar-refractivity contribution in [3.63, 3.8) is 0 Å². The van der Waals surface area contributed by atoms with Crippen LogP contribution in [0.4, 0.5) is 5.69 Å². The largest absolute Gasteiger partial charge is 0.496 e. The molecule has 3 nitrogen and oxygen atoms in total. The molecular formula is C19H23Cl2NO2. The molecule has 0 saturated heterocycles. The van der Waals surface area contributed by atoms with E-state index in [0.29, 0.717) is 39.2 Å². The van der Waals surface area contributed by atoms with Crippen molar-refractivity contribution in [2.24, 2.45) is 5.41 Å². The van der Waals surface area contributed by atoms with Crippen LogP contribution in [0.3, 0.4) is 0 Å². The molecule has 130 valence electrons. The zero-order chi connectivity index (χ0) is 17.9. The van der Waals surface area contributed by atoms with E-state index in [0.717, 1.165) is 0 Å². The molecule has 0 spiro atoms. The number of benzene rings is 2. The number of rotatable bonds is 5. The van der Waals surface area contributed by atoms with Crippen LogP contribution in [0, 0.1) is 5.41 Å². The third-order valence-corrected chi connectivity index (χ3v) is 4.13. The maximum atomic E-state index is 10.9. The second-order valence-electron chi connectivity index (χ2n) is 6.91. The Kier molecular flexibility index (Phi) is 6.02. The Morgan fingerprint density at radius 3 is 2.42 bits per heavy atom. The number of aliphatic hydroxyl groups is 1. The topological polar surface area (TPSA) is 41.5 Å². The Morgan fingerprint density at radius 2 is 1.79 bits per heavy atom. The summed E-state index contributed by atoms with van der Waals surface area (Å²) in [5, 5.41) is 15.2. The Balaban J connectivity index is 2.48. The van der Waals surface area contributed by atoms with Gasteiger partial charge < -0.3 is 15.2 Å². The molecule has 0 bridgehead atoms. The maximum absolute atomic E-state index is 10.9. The lowest BCUT2D eigenvalue weighted by Crippen LogP contribution is -2.20. The normalized spacial score (nSPS) is 12.8. The minimum Gasteiger partial charge on any atom is -0.496 e. The van der Waals surface area contributed by atoms with Gasteiger partial charge in [0.1, 0.15) is 11.9 Å². The molecule has 0 aromatic heterocycles. The number of nitrogens with one attached hydrogen (secondary N) is 1. The summed E-state index contributed by atoms with van der Waals surface area (Å²) in [5.41, 5.74) is 2.04. The second kappa shape index (κ2) is 7.64. The van der Waals surface area contributed by atoms with Crippen LogP contribution < -0.4 is 10.1 Å². The van der Waals surface area contributed by atoms with Crippen LogP contribution >= 0.6 is 23.2 Å². The molecule has 0 aliphatic rings. The van der Waals surface area contributed by atoms with Crippen LogP contribution in [0.5, 0.6) is 5.75 Å². The van der Waals surface area contributed by atoms with Crippen LogP contribution in [-0.2, 0) is 0 Å². The van der Waals surface area contributed by atoms with Gasteiger partial charge in [-0.15, -0.1) is 0 Å². The predicted molar refractivity (Wildman–Crippen MR) is 101 cm³/mol. The monoisotopic (exact) mass is 367 g/mol. The molecule has 0 fully saturated rings. The van der Waals surface area contributed by atoms with E-state index < -0.39 is 6.10 Å². The molecule has 2 aromatic carbocycles. The summed E-state index contributed by atoms with van der Waals surface area (Å²) in [6, 6.07) is 10.8. The molecule has 0 saturated carbocycles. The zero-order valence-electron chi connectivity index (χ0n) is 14.4. The van der Waals surface area contributed by atoms with Gasteiger partial charge in [0, 0.05) is 22.7 Å². The smallest absolute Gasteiger partial charge is 0.125 e. The van der Waals surface area contributed by atoms with E-state index in [9.17, 15) is 5.11 Å². The highest BCUT2D eigenvalue weighted by Crippen LogP contribution is 2.39. The minimum atomic E-state index is -0.903. The highest BCUT2D eigenvalue weighted by molar-refractivity contribution is 6.36. The minimum absolute atomic E-state index is 0.0651. The van der Waals surface area contributed by atoms with Gasteiger partial charge in [0.15, 0.2) is 0 Å². The van der Waals surface area contributed by atoms with E-state index in [1.54, 1.807) is 19.2 Å². The highest BCUT2D eigenvalue weighted by Gasteiger charge is 2.22. The summed E-state index contributed by atoms with van der Waals surface area (Å²) in [4.78, 5) is 0. The third-order valence-electron chi connectivity index (χ3n) is 3.61. The molecule has 0 aliphatic carbocycles. The summed E-state index contributed by atoms with van der Waals surface area (Å²) < 4.78 is 5.36. The molecule has 2 rings (SSSR count). The van der Waals surface area contributed by atoms with Crippen LogP contribution in [0.2, 0.25) is 10.0 Å². The van der Waals surface area contributed by atoms with Gasteiger partial charge >= 0.3 is 0 Å². The van der Waals surface area contributed by atoms with Crippen molar-refractivity contribution < 1.29 is 9.84 Å². The molecule has 0 amide bonds. The van der Waals surface area contributed by atoms with E-state index in [1.807, 2.05) is 24.3 Å². The van der Waals surface area contributed by atoms with Crippen LogP contribution in [0.1, 0.15) is 38.0 Å². The van der Waals surface area contributed by atoms with Gasteiger partial charge in [0.2, 0.25) is 0 Å². The van der Waals surface area contributed by atoms with E-state index in [1.165, 1.54) is 0 Å². The van der Waals surface area contributed by atoms with Crippen LogP contribution in [-0.4, -0.2) is 18.8 Å². The molecule has 2 aromatic rings. The van der Waals surface area contributed by atoms with Gasteiger partial charge in [-0.05, 0) is 23.6 Å². The van der Waals surface area contributed by atoms with Crippen molar-refractivity contribution in [1.29, 1.82) is 0 Å². The Labute approximate surface area is 153 Å². The summed E-state index contributed by atoms with van der Waals surface area (Å²) >= 11 is 12.5. The lowest BCUT2D eigenvalue weighted by molar-refractivity contribution is 0.215. The molecular weight excluding hydrogens is 345 g/mol. The van der Waals surface area contributed by atoms with Crippen molar-refractivity contribution in [1.82, 2.24) is 0 Å². The average molecular weight is 368 g/mol. The lowest BCUT2D eigenvalue weighted by Gasteiger charge is -2.24. The summed E-state index contributed by atoms with van der Waals surface area (Å²) in [6.45, 7) is 7.08. The number of hydrogen-bond acceptors (Lipinski definition) is 3. The molecule has 5 heteroatoms. The number of para-hydroxylation sites is 1. The number of hydrogen-bond donors (Lipinski definition) is 2. The van der Waals surface area contributed by atoms with E-state index >= 15 is 0 Å². The van der Waals surface area contributed by atoms with Crippen molar-refractivity contribution in [3.05, 3.63) is 57.6 Å². The van der Waals surface area contributed by atoms with Gasteiger partial charge in [-0.1, -0.05) is 62.2 Å². The molecule has 1 atom stereocenters. The Bertz CT molecular complexity index is 711. The van der Waals surface area contributed by atoms with Crippen LogP contribution in [0.25, 0.3) is 0 Å². The van der Waals surface area contributed by atoms with Crippen molar-refractivity contribution in [2.75, 3.05) is 19.0 Å². The lowest BCUT2D eigenvalue weighted by atomic mass is 9.95. The Hall–Kier alpha value is -1.42. The predicted octanol–water partition coefficient (Wildman–Crippen LogP) is 5.54. The number of methoxy groups -OCH3 is 1. The first-order valence-electron chi connectivity index (χ1n) is 7.77. The summed E-state index contributed by atoms with van der Waals surface area (Å²) in [6.07, 6.45) is -0.903. The maximum Gasteiger partial charge on any atom is 0.125 e. The SMILES string of the molecule is COc1ccccc1C(O)c1cc(Cl)cc(Cl)c1NCC(C)(C)C. The highest BCUT2D eigenvalue weighted by atomic mass is 35.5. The van der Waals surface area contributed by atoms with E-state index in [-0.39, 0.29) is 5.41 Å². The van der Waals surface area contributed by atoms with Gasteiger partial charge in [-0.2, -0.15) is 0 Å². The molecule has 1 unspecified atom stereocenters. The molecule has 24 heavy (non-hydrogen) atoms. The fourth-order valence-electron chi connectivity index (χ4n) is 2.41. The van der Waals surface area contributed by atoms with E-state index in [4.69, 9.17) is 27.9 Å². The van der Waals surface area contributed by atoms with Crippen LogP contribution in [0.15, 0.2) is 36.4 Å². The first kappa shape index (κ1) is 18.9. The number of aliphatic hydroxyl groups excluding tert-OH is 1. The van der Waals surface area contributed by atoms with Crippen molar-refractivity contribution >= 4 is 28.9 Å². The molecule has 0 radical (unpaired) electrons. The van der Waals surface area contributed by atoms with Gasteiger partial charge in [0.05, 0.1) is 17.8 Å². The average Bonchev–Trinajstić information content (AvgIpc) is 2.51. The summed E-state index contributed by atoms with van der Waals surface area (Å²) in [5.74, 6) is 0.614. The number of ether oxygens (including phenoxy) is 1. The first-order valence-corrected chi connectivity index (χ1v) is 8.52. The molecule has 2 N–H and O–H groups in total. The van der Waals surface area contributed by atoms with Gasteiger partial charge in [-0.3, -0.25) is 0 Å². The zero-order valence-corrected chi connectivity index (χ0v) is 15.9. The van der Waals surface area contributed by atoms with E-state index in [2.05, 4.69) is 26.1 Å². The standard InChI is InChI=1S/C19H23Cl2NO2/c1-19(2,3)11-22-17-14(9-12(20)10-15(17)21)18(23)13-7-5-6-8-16(13)24-4/h5-10,18,22-23H,11H2,1-4H3. The number of halogens is 2. The second-order valence-corrected chi connectivity index (χ2v) is 7.75. The molecule has 0 aliphatic heterocycles. The molecule has 0 heterocycles. The summed E-state index contributed by atoms with van der Waals surface area (Å²) in [7, 11) is 1.58. The number of anilines is 1. The fourth-order valence-corrected chi connectivity index (χ4v) is 2.99. The quantitative estimate of drug-likeness (QED) is 0.728. The fraction of sp³-hybridized carbons (Fsp3) is 0.368. The van der Waals surface area contributed by atoms with Crippen molar-refractivity contribution in [3.8, 4) is 5.75 Å². The van der Waals surface area contributed by atoms with Crippen molar-refractivity contribution in [2.45, 2.75) is 26.9 Å². The Morgan fingerprint density at radius 1 is 1.12 bits per heavy atom. The van der Waals surface area contributed by atoms with Gasteiger partial charge in [0.25, 0.3) is 0 Å².